The molecule has 0 atom stereocenters. The zero-order chi connectivity index (χ0) is 23.2. The van der Waals surface area contributed by atoms with Gasteiger partial charge in [-0.25, -0.2) is 10.4 Å². The van der Waals surface area contributed by atoms with Gasteiger partial charge in [0.2, 0.25) is 0 Å². The molecule has 0 aliphatic rings. The molecule has 0 unspecified atom stereocenters. The van der Waals surface area contributed by atoms with Crippen molar-refractivity contribution in [2.45, 2.75) is 16.2 Å². The van der Waals surface area contributed by atoms with Crippen LogP contribution in [0.2, 0.25) is 0 Å². The number of hydrazone groups is 1. The van der Waals surface area contributed by atoms with Crippen molar-refractivity contribution in [3.63, 3.8) is 0 Å². The van der Waals surface area contributed by atoms with Gasteiger partial charge in [0, 0.05) is 11.6 Å². The standard InChI is InChI=1S/C23H18N4O4S2/c1-15-6-2-4-8-19(15)31-14-22(28)26-24-13-16-10-11-21(18(12-16)27(29)30)33-23-25-17-7-3-5-9-20(17)32-23/h2-13H,14H2,1H3,(H,26,28). The maximum Gasteiger partial charge on any atom is 0.283 e. The van der Waals surface area contributed by atoms with Gasteiger partial charge in [-0.1, -0.05) is 48.2 Å². The Hall–Kier alpha value is -3.76. The second kappa shape index (κ2) is 10.2. The molecule has 3 aromatic carbocycles. The molecular weight excluding hydrogens is 460 g/mol. The molecule has 1 heterocycles. The third kappa shape index (κ3) is 5.73. The minimum Gasteiger partial charge on any atom is -0.483 e. The van der Waals surface area contributed by atoms with E-state index in [0.717, 1.165) is 20.1 Å². The molecule has 0 bridgehead atoms. The SMILES string of the molecule is Cc1ccccc1OCC(=O)NN=Cc1ccc(Sc2nc3ccccc3s2)c([N+](=O)[O-])c1. The van der Waals surface area contributed by atoms with E-state index < -0.39 is 10.8 Å². The number of rotatable bonds is 8. The average Bonchev–Trinajstić information content (AvgIpc) is 3.21. The van der Waals surface area contributed by atoms with E-state index in [-0.39, 0.29) is 12.3 Å². The van der Waals surface area contributed by atoms with Crippen LogP contribution in [0.15, 0.2) is 81.1 Å². The number of hydrogen-bond donors (Lipinski definition) is 1. The summed E-state index contributed by atoms with van der Waals surface area (Å²) in [6, 6.07) is 19.8. The highest BCUT2D eigenvalue weighted by Crippen LogP contribution is 2.38. The maximum atomic E-state index is 12.0. The first-order valence-electron chi connectivity index (χ1n) is 9.82. The van der Waals surface area contributed by atoms with Gasteiger partial charge in [-0.05, 0) is 36.8 Å². The Morgan fingerprint density at radius 1 is 1.21 bits per heavy atom. The second-order valence-corrected chi connectivity index (χ2v) is 9.20. The summed E-state index contributed by atoms with van der Waals surface area (Å²) in [5.74, 6) is 0.181. The van der Waals surface area contributed by atoms with Crippen LogP contribution in [-0.4, -0.2) is 28.6 Å². The van der Waals surface area contributed by atoms with E-state index in [4.69, 9.17) is 4.74 Å². The summed E-state index contributed by atoms with van der Waals surface area (Å²) in [5.41, 5.74) is 4.57. The topological polar surface area (TPSA) is 107 Å². The number of carbonyl (C=O) groups is 1. The predicted molar refractivity (Wildman–Crippen MR) is 129 cm³/mol. The highest BCUT2D eigenvalue weighted by molar-refractivity contribution is 8.01. The van der Waals surface area contributed by atoms with Crippen molar-refractivity contribution >= 4 is 51.1 Å². The van der Waals surface area contributed by atoms with Crippen LogP contribution in [0.25, 0.3) is 10.2 Å². The van der Waals surface area contributed by atoms with E-state index in [1.165, 1.54) is 35.4 Å². The number of nitro groups is 1. The number of nitrogens with one attached hydrogen (secondary N) is 1. The second-order valence-electron chi connectivity index (χ2n) is 6.88. The van der Waals surface area contributed by atoms with Gasteiger partial charge in [0.25, 0.3) is 11.6 Å². The van der Waals surface area contributed by atoms with Crippen molar-refractivity contribution in [3.8, 4) is 5.75 Å². The number of nitro benzene ring substituents is 1. The van der Waals surface area contributed by atoms with Crippen LogP contribution in [0.3, 0.4) is 0 Å². The minimum atomic E-state index is -0.443. The van der Waals surface area contributed by atoms with Gasteiger partial charge >= 0.3 is 0 Å². The highest BCUT2D eigenvalue weighted by Gasteiger charge is 2.17. The molecule has 0 aliphatic heterocycles. The van der Waals surface area contributed by atoms with Crippen LogP contribution >= 0.6 is 23.1 Å². The van der Waals surface area contributed by atoms with Gasteiger partial charge in [0.1, 0.15) is 5.75 Å². The number of aryl methyl sites for hydroxylation is 1. The molecule has 0 fully saturated rings. The average molecular weight is 479 g/mol. The van der Waals surface area contributed by atoms with E-state index in [0.29, 0.717) is 16.2 Å². The molecule has 33 heavy (non-hydrogen) atoms. The molecule has 1 aromatic heterocycles. The Labute approximate surface area is 197 Å². The Balaban J connectivity index is 1.40. The highest BCUT2D eigenvalue weighted by atomic mass is 32.2. The zero-order valence-electron chi connectivity index (χ0n) is 17.4. The van der Waals surface area contributed by atoms with Gasteiger partial charge in [-0.3, -0.25) is 14.9 Å². The molecule has 4 aromatic rings. The van der Waals surface area contributed by atoms with Gasteiger partial charge in [-0.2, -0.15) is 5.10 Å². The summed E-state index contributed by atoms with van der Waals surface area (Å²) in [4.78, 5) is 28.1. The van der Waals surface area contributed by atoms with Crippen molar-refractivity contribution in [1.82, 2.24) is 10.4 Å². The lowest BCUT2D eigenvalue weighted by Gasteiger charge is -2.07. The van der Waals surface area contributed by atoms with Crippen LogP contribution in [-0.2, 0) is 4.79 Å². The monoisotopic (exact) mass is 478 g/mol. The Bertz CT molecular complexity index is 1320. The summed E-state index contributed by atoms with van der Waals surface area (Å²) in [7, 11) is 0. The van der Waals surface area contributed by atoms with Gasteiger partial charge in [0.05, 0.1) is 26.3 Å². The van der Waals surface area contributed by atoms with Crippen molar-refractivity contribution in [1.29, 1.82) is 0 Å². The molecule has 8 nitrogen and oxygen atoms in total. The maximum absolute atomic E-state index is 12.0. The van der Waals surface area contributed by atoms with E-state index in [1.54, 1.807) is 18.2 Å². The van der Waals surface area contributed by atoms with Crippen molar-refractivity contribution in [2.75, 3.05) is 6.61 Å². The number of para-hydroxylation sites is 2. The predicted octanol–water partition coefficient (Wildman–Crippen LogP) is 5.19. The molecular formula is C23H18N4O4S2. The first-order chi connectivity index (χ1) is 16.0. The fraction of sp³-hybridized carbons (Fsp3) is 0.0870. The van der Waals surface area contributed by atoms with E-state index in [1.807, 2.05) is 49.4 Å². The summed E-state index contributed by atoms with van der Waals surface area (Å²) in [5, 5.41) is 15.5. The lowest BCUT2D eigenvalue weighted by atomic mass is 10.2. The lowest BCUT2D eigenvalue weighted by Crippen LogP contribution is -2.24. The van der Waals surface area contributed by atoms with Crippen molar-refractivity contribution in [3.05, 3.63) is 88.0 Å². The van der Waals surface area contributed by atoms with E-state index >= 15 is 0 Å². The quantitative estimate of drug-likeness (QED) is 0.212. The first-order valence-corrected chi connectivity index (χ1v) is 11.4. The molecule has 0 radical (unpaired) electrons. The number of thiazole rings is 1. The normalized spacial score (nSPS) is 11.1. The number of benzene rings is 3. The third-order valence-electron chi connectivity index (χ3n) is 4.51. The number of carbonyl (C=O) groups excluding carboxylic acids is 1. The van der Waals surface area contributed by atoms with Crippen LogP contribution in [0.5, 0.6) is 5.75 Å². The zero-order valence-corrected chi connectivity index (χ0v) is 19.1. The smallest absolute Gasteiger partial charge is 0.283 e. The summed E-state index contributed by atoms with van der Waals surface area (Å²) in [6.07, 6.45) is 1.35. The molecule has 0 saturated heterocycles. The molecule has 0 spiro atoms. The van der Waals surface area contributed by atoms with Crippen LogP contribution in [0.4, 0.5) is 5.69 Å². The summed E-state index contributed by atoms with van der Waals surface area (Å²) in [6.45, 7) is 1.69. The van der Waals surface area contributed by atoms with Crippen LogP contribution < -0.4 is 10.2 Å². The molecule has 10 heteroatoms. The van der Waals surface area contributed by atoms with Gasteiger partial charge < -0.3 is 4.74 Å². The number of nitrogens with zero attached hydrogens (tertiary/aromatic N) is 3. The molecule has 0 saturated carbocycles. The molecule has 166 valence electrons. The fourth-order valence-electron chi connectivity index (χ4n) is 2.91. The molecule has 4 rings (SSSR count). The Morgan fingerprint density at radius 3 is 2.79 bits per heavy atom. The Morgan fingerprint density at radius 2 is 2.00 bits per heavy atom. The van der Waals surface area contributed by atoms with Crippen molar-refractivity contribution in [2.24, 2.45) is 5.10 Å². The van der Waals surface area contributed by atoms with Crippen LogP contribution in [0.1, 0.15) is 11.1 Å². The van der Waals surface area contributed by atoms with Crippen molar-refractivity contribution < 1.29 is 14.5 Å². The number of aromatic nitrogens is 1. The lowest BCUT2D eigenvalue weighted by molar-refractivity contribution is -0.387. The Kier molecular flexibility index (Phi) is 6.96. The van der Waals surface area contributed by atoms with E-state index in [9.17, 15) is 14.9 Å². The minimum absolute atomic E-state index is 0.0579. The summed E-state index contributed by atoms with van der Waals surface area (Å²) < 4.78 is 7.21. The number of hydrogen-bond acceptors (Lipinski definition) is 8. The number of ether oxygens (including phenoxy) is 1. The molecule has 1 N–H and O–H groups in total. The van der Waals surface area contributed by atoms with E-state index in [2.05, 4.69) is 15.5 Å². The molecule has 0 aliphatic carbocycles. The first kappa shape index (κ1) is 22.4. The van der Waals surface area contributed by atoms with Gasteiger partial charge in [-0.15, -0.1) is 11.3 Å². The summed E-state index contributed by atoms with van der Waals surface area (Å²) >= 11 is 2.73. The number of amides is 1. The van der Waals surface area contributed by atoms with Gasteiger partial charge in [0.15, 0.2) is 10.9 Å². The van der Waals surface area contributed by atoms with Crippen LogP contribution in [0, 0.1) is 17.0 Å². The molecule has 1 amide bonds. The fourth-order valence-corrected chi connectivity index (χ4v) is 5.01. The third-order valence-corrected chi connectivity index (χ3v) is 6.67. The largest absolute Gasteiger partial charge is 0.483 e. The number of fused-ring (bicyclic) bond motifs is 1.